The van der Waals surface area contributed by atoms with E-state index in [9.17, 15) is 14.4 Å². The van der Waals surface area contributed by atoms with Crippen molar-refractivity contribution in [2.45, 2.75) is 58.3 Å². The van der Waals surface area contributed by atoms with E-state index >= 15 is 0 Å². The minimum Gasteiger partial charge on any atom is -0.458 e. The molecular formula is C29H34N2O5. The second kappa shape index (κ2) is 12.7. The van der Waals surface area contributed by atoms with Crippen LogP contribution in [-0.2, 0) is 20.9 Å². The number of esters is 1. The average Bonchev–Trinajstić information content (AvgIpc) is 2.85. The van der Waals surface area contributed by atoms with Crippen molar-refractivity contribution < 1.29 is 23.9 Å². The first kappa shape index (κ1) is 26.7. The third kappa shape index (κ3) is 8.41. The molecule has 36 heavy (non-hydrogen) atoms. The van der Waals surface area contributed by atoms with Gasteiger partial charge in [-0.3, -0.25) is 4.79 Å². The van der Waals surface area contributed by atoms with Gasteiger partial charge in [0.15, 0.2) is 0 Å². The van der Waals surface area contributed by atoms with Crippen LogP contribution in [0.25, 0.3) is 10.8 Å². The van der Waals surface area contributed by atoms with Gasteiger partial charge in [-0.1, -0.05) is 66.7 Å². The molecule has 0 heterocycles. The van der Waals surface area contributed by atoms with Gasteiger partial charge in [-0.2, -0.15) is 0 Å². The number of carbonyl (C=O) groups excluding carboxylic acids is 3. The maximum Gasteiger partial charge on any atom is 0.407 e. The summed E-state index contributed by atoms with van der Waals surface area (Å²) in [5.41, 5.74) is 0.739. The molecule has 7 nitrogen and oxygen atoms in total. The fourth-order valence-electron chi connectivity index (χ4n) is 3.72. The minimum absolute atomic E-state index is 0.202. The molecule has 0 aliphatic heterocycles. The van der Waals surface area contributed by atoms with Crippen molar-refractivity contribution in [3.05, 3.63) is 83.9 Å². The molecule has 0 bridgehead atoms. The number of hydrogen-bond acceptors (Lipinski definition) is 5. The highest BCUT2D eigenvalue weighted by molar-refractivity contribution is 6.08. The Labute approximate surface area is 212 Å². The van der Waals surface area contributed by atoms with Gasteiger partial charge in [0.05, 0.1) is 0 Å². The summed E-state index contributed by atoms with van der Waals surface area (Å²) in [6, 6.07) is 21.8. The van der Waals surface area contributed by atoms with Crippen LogP contribution in [0.4, 0.5) is 4.79 Å². The summed E-state index contributed by atoms with van der Waals surface area (Å²) < 4.78 is 10.8. The molecule has 2 N–H and O–H groups in total. The van der Waals surface area contributed by atoms with Gasteiger partial charge in [0.2, 0.25) is 0 Å². The molecule has 3 aromatic carbocycles. The van der Waals surface area contributed by atoms with E-state index in [0.717, 1.165) is 16.3 Å². The fraction of sp³-hybridized carbons (Fsp3) is 0.345. The van der Waals surface area contributed by atoms with Crippen LogP contribution in [0.2, 0.25) is 0 Å². The van der Waals surface area contributed by atoms with E-state index in [-0.39, 0.29) is 12.5 Å². The van der Waals surface area contributed by atoms with E-state index in [1.807, 2.05) is 66.7 Å². The number of fused-ring (bicyclic) bond motifs is 1. The summed E-state index contributed by atoms with van der Waals surface area (Å²) in [7, 11) is 0. The smallest absolute Gasteiger partial charge is 0.407 e. The number of alkyl carbamates (subject to hydrolysis) is 1. The first-order valence-electron chi connectivity index (χ1n) is 12.2. The van der Waals surface area contributed by atoms with E-state index in [1.165, 1.54) is 0 Å². The number of unbranched alkanes of at least 4 members (excludes halogenated alkanes) is 1. The lowest BCUT2D eigenvalue weighted by Crippen LogP contribution is -2.44. The number of amides is 2. The molecule has 0 fully saturated rings. The quantitative estimate of drug-likeness (QED) is 0.294. The summed E-state index contributed by atoms with van der Waals surface area (Å²) in [5, 5.41) is 7.34. The van der Waals surface area contributed by atoms with Crippen molar-refractivity contribution in [2.75, 3.05) is 6.54 Å². The van der Waals surface area contributed by atoms with Crippen LogP contribution >= 0.6 is 0 Å². The average molecular weight is 491 g/mol. The normalized spacial score (nSPS) is 12.0. The Kier molecular flexibility index (Phi) is 9.45. The molecule has 0 radical (unpaired) electrons. The molecule has 3 aromatic rings. The Morgan fingerprint density at radius 1 is 0.861 bits per heavy atom. The van der Waals surface area contributed by atoms with Crippen LogP contribution < -0.4 is 10.6 Å². The summed E-state index contributed by atoms with van der Waals surface area (Å²) in [6.45, 7) is 5.97. The van der Waals surface area contributed by atoms with Crippen LogP contribution in [0.1, 0.15) is 56.0 Å². The summed E-state index contributed by atoms with van der Waals surface area (Å²) in [5.74, 6) is -0.809. The zero-order valence-electron chi connectivity index (χ0n) is 21.1. The van der Waals surface area contributed by atoms with Gasteiger partial charge < -0.3 is 20.1 Å². The Hall–Kier alpha value is -3.87. The highest BCUT2D eigenvalue weighted by atomic mass is 16.6. The molecule has 2 amide bonds. The number of carbonyl (C=O) groups is 3. The monoisotopic (exact) mass is 490 g/mol. The lowest BCUT2D eigenvalue weighted by atomic mass is 10.0. The molecule has 0 unspecified atom stereocenters. The SMILES string of the molecule is CC(C)(C)OC(=O)[C@H](CCCCNC(=O)OCc1ccccc1)NC(=O)c1cccc2ccccc12. The summed E-state index contributed by atoms with van der Waals surface area (Å²) >= 11 is 0. The number of benzene rings is 3. The third-order valence-electron chi connectivity index (χ3n) is 5.43. The van der Waals surface area contributed by atoms with Gasteiger partial charge >= 0.3 is 12.1 Å². The maximum absolute atomic E-state index is 13.1. The largest absolute Gasteiger partial charge is 0.458 e. The van der Waals surface area contributed by atoms with Gasteiger partial charge in [0, 0.05) is 12.1 Å². The van der Waals surface area contributed by atoms with E-state index in [2.05, 4.69) is 10.6 Å². The van der Waals surface area contributed by atoms with Crippen molar-refractivity contribution in [3.8, 4) is 0 Å². The van der Waals surface area contributed by atoms with Crippen molar-refractivity contribution in [3.63, 3.8) is 0 Å². The Morgan fingerprint density at radius 3 is 2.31 bits per heavy atom. The Morgan fingerprint density at radius 2 is 1.56 bits per heavy atom. The fourth-order valence-corrected chi connectivity index (χ4v) is 3.72. The maximum atomic E-state index is 13.1. The van der Waals surface area contributed by atoms with Crippen molar-refractivity contribution in [2.24, 2.45) is 0 Å². The van der Waals surface area contributed by atoms with Crippen LogP contribution in [0.3, 0.4) is 0 Å². The molecule has 7 heteroatoms. The second-order valence-corrected chi connectivity index (χ2v) is 9.57. The summed E-state index contributed by atoms with van der Waals surface area (Å²) in [6.07, 6.45) is 1.10. The lowest BCUT2D eigenvalue weighted by molar-refractivity contribution is -0.157. The van der Waals surface area contributed by atoms with Gasteiger partial charge in [-0.25, -0.2) is 9.59 Å². The third-order valence-corrected chi connectivity index (χ3v) is 5.43. The first-order chi connectivity index (χ1) is 17.2. The minimum atomic E-state index is -0.805. The van der Waals surface area contributed by atoms with Gasteiger partial charge in [0.1, 0.15) is 18.2 Å². The topological polar surface area (TPSA) is 93.7 Å². The predicted octanol–water partition coefficient (Wildman–Crippen LogP) is 5.38. The molecule has 0 saturated carbocycles. The molecule has 0 aromatic heterocycles. The van der Waals surface area contributed by atoms with Crippen LogP contribution in [0.15, 0.2) is 72.8 Å². The van der Waals surface area contributed by atoms with Crippen molar-refractivity contribution >= 4 is 28.7 Å². The van der Waals surface area contributed by atoms with E-state index in [0.29, 0.717) is 31.4 Å². The molecule has 1 atom stereocenters. The number of hydrogen-bond donors (Lipinski definition) is 2. The highest BCUT2D eigenvalue weighted by Crippen LogP contribution is 2.19. The first-order valence-corrected chi connectivity index (χ1v) is 12.2. The van der Waals surface area contributed by atoms with Gasteiger partial charge in [-0.15, -0.1) is 0 Å². The van der Waals surface area contributed by atoms with E-state index < -0.39 is 23.7 Å². The molecule has 190 valence electrons. The zero-order valence-corrected chi connectivity index (χ0v) is 21.1. The molecule has 0 saturated heterocycles. The number of rotatable bonds is 10. The van der Waals surface area contributed by atoms with Crippen LogP contribution in [-0.4, -0.2) is 36.2 Å². The molecular weight excluding hydrogens is 456 g/mol. The second-order valence-electron chi connectivity index (χ2n) is 9.57. The van der Waals surface area contributed by atoms with Crippen LogP contribution in [0, 0.1) is 0 Å². The molecule has 0 aliphatic carbocycles. The van der Waals surface area contributed by atoms with E-state index in [4.69, 9.17) is 9.47 Å². The number of nitrogens with one attached hydrogen (secondary N) is 2. The van der Waals surface area contributed by atoms with Crippen LogP contribution in [0.5, 0.6) is 0 Å². The zero-order chi connectivity index (χ0) is 26.0. The number of ether oxygens (including phenoxy) is 2. The summed E-state index contributed by atoms with van der Waals surface area (Å²) in [4.78, 5) is 37.9. The van der Waals surface area contributed by atoms with Crippen molar-refractivity contribution in [1.82, 2.24) is 10.6 Å². The highest BCUT2D eigenvalue weighted by Gasteiger charge is 2.27. The van der Waals surface area contributed by atoms with Crippen molar-refractivity contribution in [1.29, 1.82) is 0 Å². The molecule has 0 aliphatic rings. The Bertz CT molecular complexity index is 1170. The van der Waals surface area contributed by atoms with E-state index in [1.54, 1.807) is 26.8 Å². The lowest BCUT2D eigenvalue weighted by Gasteiger charge is -2.25. The van der Waals surface area contributed by atoms with Gasteiger partial charge in [-0.05, 0) is 62.4 Å². The molecule has 0 spiro atoms. The molecule has 3 rings (SSSR count). The standard InChI is InChI=1S/C29H34N2O5/c1-29(2,3)36-27(33)25(31-26(32)24-17-11-15-22-14-7-8-16-23(22)24)18-9-10-19-30-28(34)35-20-21-12-5-4-6-13-21/h4-8,11-17,25H,9-10,18-20H2,1-3H3,(H,30,34)(H,31,32)/t25-/m0/s1. The predicted molar refractivity (Wildman–Crippen MR) is 140 cm³/mol. The van der Waals surface area contributed by atoms with Gasteiger partial charge in [0.25, 0.3) is 5.91 Å². The Balaban J connectivity index is 1.53.